The highest BCUT2D eigenvalue weighted by molar-refractivity contribution is 6.31. The first kappa shape index (κ1) is 16.9. The number of rotatable bonds is 3. The van der Waals surface area contributed by atoms with Crippen molar-refractivity contribution in [1.29, 1.82) is 0 Å². The van der Waals surface area contributed by atoms with Gasteiger partial charge >= 0.3 is 0 Å². The summed E-state index contributed by atoms with van der Waals surface area (Å²) in [6.07, 6.45) is 0. The lowest BCUT2D eigenvalue weighted by Gasteiger charge is -2.48. The molecule has 1 aromatic carbocycles. The van der Waals surface area contributed by atoms with Crippen LogP contribution in [0.3, 0.4) is 0 Å². The van der Waals surface area contributed by atoms with Crippen LogP contribution in [0.1, 0.15) is 26.3 Å². The Bertz CT molecular complexity index is 574. The van der Waals surface area contributed by atoms with Crippen molar-refractivity contribution in [3.8, 4) is 0 Å². The van der Waals surface area contributed by atoms with Gasteiger partial charge in [-0.3, -0.25) is 4.79 Å². The number of benzene rings is 1. The minimum Gasteiger partial charge on any atom is -0.388 e. The Hall–Kier alpha value is -1.46. The highest BCUT2D eigenvalue weighted by Gasteiger charge is 2.36. The Kier molecular flexibility index (Phi) is 4.87. The molecule has 0 aliphatic carbocycles. The van der Waals surface area contributed by atoms with Gasteiger partial charge in [0.1, 0.15) is 0 Å². The molecule has 0 unspecified atom stereocenters. The van der Waals surface area contributed by atoms with Gasteiger partial charge in [-0.25, -0.2) is 0 Å². The van der Waals surface area contributed by atoms with Crippen LogP contribution in [0, 0.1) is 0 Å². The van der Waals surface area contributed by atoms with E-state index in [-0.39, 0.29) is 11.4 Å². The SMILES string of the molecule is CNc1cc(Cl)cc(N2CCN(C(C)=O)C(C)(C)C2)c1CN. The summed E-state index contributed by atoms with van der Waals surface area (Å²) in [4.78, 5) is 16.0. The van der Waals surface area contributed by atoms with E-state index in [1.807, 2.05) is 24.1 Å². The zero-order valence-electron chi connectivity index (χ0n) is 13.7. The molecule has 6 heteroatoms. The molecule has 2 rings (SSSR count). The number of hydrogen-bond acceptors (Lipinski definition) is 4. The number of anilines is 2. The minimum absolute atomic E-state index is 0.116. The summed E-state index contributed by atoms with van der Waals surface area (Å²) in [7, 11) is 1.87. The number of amides is 1. The summed E-state index contributed by atoms with van der Waals surface area (Å²) in [5.41, 5.74) is 8.79. The number of piperazine rings is 1. The third-order valence-corrected chi connectivity index (χ3v) is 4.51. The van der Waals surface area contributed by atoms with E-state index < -0.39 is 0 Å². The summed E-state index contributed by atoms with van der Waals surface area (Å²) in [5, 5.41) is 3.84. The van der Waals surface area contributed by atoms with E-state index >= 15 is 0 Å². The summed E-state index contributed by atoms with van der Waals surface area (Å²) in [6, 6.07) is 3.86. The highest BCUT2D eigenvalue weighted by atomic mass is 35.5. The standard InChI is InChI=1S/C16H25ClN4O/c1-11(22)21-6-5-20(10-16(21,2)3)15-8-12(17)7-14(19-4)13(15)9-18/h7-8,19H,5-6,9-10,18H2,1-4H3. The van der Waals surface area contributed by atoms with Crippen LogP contribution < -0.4 is 16.0 Å². The summed E-state index contributed by atoms with van der Waals surface area (Å²) in [5.74, 6) is 0.116. The molecule has 1 aromatic rings. The summed E-state index contributed by atoms with van der Waals surface area (Å²) in [6.45, 7) is 8.48. The van der Waals surface area contributed by atoms with Crippen molar-refractivity contribution in [3.63, 3.8) is 0 Å². The lowest BCUT2D eigenvalue weighted by Crippen LogP contribution is -2.60. The van der Waals surface area contributed by atoms with Crippen molar-refractivity contribution in [2.45, 2.75) is 32.9 Å². The van der Waals surface area contributed by atoms with Gasteiger partial charge in [0.05, 0.1) is 5.54 Å². The van der Waals surface area contributed by atoms with Crippen LogP contribution in [0.25, 0.3) is 0 Å². The van der Waals surface area contributed by atoms with E-state index in [0.717, 1.165) is 30.0 Å². The minimum atomic E-state index is -0.224. The Morgan fingerprint density at radius 3 is 2.59 bits per heavy atom. The van der Waals surface area contributed by atoms with Crippen LogP contribution in [0.15, 0.2) is 12.1 Å². The van der Waals surface area contributed by atoms with Crippen molar-refractivity contribution in [3.05, 3.63) is 22.7 Å². The molecule has 0 bridgehead atoms. The van der Waals surface area contributed by atoms with Crippen molar-refractivity contribution in [1.82, 2.24) is 4.90 Å². The molecule has 0 aromatic heterocycles. The molecule has 1 amide bonds. The predicted molar refractivity (Wildman–Crippen MR) is 92.6 cm³/mol. The van der Waals surface area contributed by atoms with Gasteiger partial charge in [0, 0.05) is 62.1 Å². The molecule has 1 saturated heterocycles. The van der Waals surface area contributed by atoms with Crippen LogP contribution in [0.2, 0.25) is 5.02 Å². The average molecular weight is 325 g/mol. The van der Waals surface area contributed by atoms with Crippen molar-refractivity contribution in [2.24, 2.45) is 5.73 Å². The second kappa shape index (κ2) is 6.34. The highest BCUT2D eigenvalue weighted by Crippen LogP contribution is 2.34. The molecule has 1 aliphatic rings. The normalized spacial score (nSPS) is 17.5. The van der Waals surface area contributed by atoms with Crippen LogP contribution in [-0.4, -0.2) is 43.0 Å². The zero-order valence-corrected chi connectivity index (χ0v) is 14.5. The monoisotopic (exact) mass is 324 g/mol. The molecule has 1 fully saturated rings. The van der Waals surface area contributed by atoms with Crippen molar-refractivity contribution in [2.75, 3.05) is 36.9 Å². The van der Waals surface area contributed by atoms with Crippen LogP contribution >= 0.6 is 11.6 Å². The fraction of sp³-hybridized carbons (Fsp3) is 0.562. The maximum Gasteiger partial charge on any atom is 0.220 e. The summed E-state index contributed by atoms with van der Waals surface area (Å²) >= 11 is 6.26. The third kappa shape index (κ3) is 3.15. The molecule has 0 spiro atoms. The number of halogens is 1. The molecule has 0 radical (unpaired) electrons. The van der Waals surface area contributed by atoms with Gasteiger partial charge in [-0.2, -0.15) is 0 Å². The largest absolute Gasteiger partial charge is 0.388 e. The molecular weight excluding hydrogens is 300 g/mol. The van der Waals surface area contributed by atoms with E-state index in [2.05, 4.69) is 24.1 Å². The molecule has 22 heavy (non-hydrogen) atoms. The quantitative estimate of drug-likeness (QED) is 0.895. The second-order valence-electron chi connectivity index (χ2n) is 6.31. The van der Waals surface area contributed by atoms with Crippen LogP contribution in [0.5, 0.6) is 0 Å². The number of carbonyl (C=O) groups is 1. The van der Waals surface area contributed by atoms with E-state index in [1.54, 1.807) is 6.92 Å². The molecule has 0 saturated carbocycles. The maximum atomic E-state index is 11.8. The van der Waals surface area contributed by atoms with Gasteiger partial charge in [-0.15, -0.1) is 0 Å². The van der Waals surface area contributed by atoms with Gasteiger partial charge in [0.2, 0.25) is 5.91 Å². The van der Waals surface area contributed by atoms with Crippen LogP contribution in [0.4, 0.5) is 11.4 Å². The van der Waals surface area contributed by atoms with E-state index in [9.17, 15) is 4.79 Å². The van der Waals surface area contributed by atoms with E-state index in [4.69, 9.17) is 17.3 Å². The third-order valence-electron chi connectivity index (χ3n) is 4.29. The molecular formula is C16H25ClN4O. The van der Waals surface area contributed by atoms with E-state index in [0.29, 0.717) is 18.1 Å². The van der Waals surface area contributed by atoms with Gasteiger partial charge < -0.3 is 20.9 Å². The lowest BCUT2D eigenvalue weighted by molar-refractivity contribution is -0.134. The first-order valence-electron chi connectivity index (χ1n) is 7.53. The fourth-order valence-electron chi connectivity index (χ4n) is 3.29. The topological polar surface area (TPSA) is 61.6 Å². The Morgan fingerprint density at radius 2 is 2.09 bits per heavy atom. The van der Waals surface area contributed by atoms with Crippen molar-refractivity contribution < 1.29 is 4.79 Å². The summed E-state index contributed by atoms with van der Waals surface area (Å²) < 4.78 is 0. The molecule has 1 aliphatic heterocycles. The van der Waals surface area contributed by atoms with Gasteiger partial charge in [-0.05, 0) is 26.0 Å². The molecule has 1 heterocycles. The lowest BCUT2D eigenvalue weighted by atomic mass is 9.97. The Balaban J connectivity index is 2.37. The second-order valence-corrected chi connectivity index (χ2v) is 6.75. The molecule has 3 N–H and O–H groups in total. The van der Waals surface area contributed by atoms with E-state index in [1.165, 1.54) is 0 Å². The molecule has 122 valence electrons. The molecule has 5 nitrogen and oxygen atoms in total. The number of hydrogen-bond donors (Lipinski definition) is 2. The number of nitrogens with one attached hydrogen (secondary N) is 1. The van der Waals surface area contributed by atoms with Gasteiger partial charge in [0.15, 0.2) is 0 Å². The average Bonchev–Trinajstić information content (AvgIpc) is 2.44. The first-order valence-corrected chi connectivity index (χ1v) is 7.91. The van der Waals surface area contributed by atoms with Crippen LogP contribution in [-0.2, 0) is 11.3 Å². The van der Waals surface area contributed by atoms with Gasteiger partial charge in [-0.1, -0.05) is 11.6 Å². The smallest absolute Gasteiger partial charge is 0.220 e. The Labute approximate surface area is 137 Å². The fourth-order valence-corrected chi connectivity index (χ4v) is 3.50. The first-order chi connectivity index (χ1) is 10.3. The predicted octanol–water partition coefficient (Wildman–Crippen LogP) is 2.29. The van der Waals surface area contributed by atoms with Crippen molar-refractivity contribution >= 4 is 28.9 Å². The Morgan fingerprint density at radius 1 is 1.41 bits per heavy atom. The van der Waals surface area contributed by atoms with Gasteiger partial charge in [0.25, 0.3) is 0 Å². The number of carbonyl (C=O) groups excluding carboxylic acids is 1. The molecule has 0 atom stereocenters. The number of nitrogens with two attached hydrogens (primary N) is 1. The number of nitrogens with zero attached hydrogens (tertiary/aromatic N) is 2. The maximum absolute atomic E-state index is 11.8. The zero-order chi connectivity index (χ0) is 16.5.